The number of aliphatic hydroxyl groups is 1. The summed E-state index contributed by atoms with van der Waals surface area (Å²) in [5, 5.41) is 9.63. The van der Waals surface area contributed by atoms with Gasteiger partial charge in [-0.15, -0.1) is 0 Å². The molecular weight excluding hydrogens is 276 g/mol. The van der Waals surface area contributed by atoms with Crippen molar-refractivity contribution in [2.24, 2.45) is 0 Å². The van der Waals surface area contributed by atoms with Gasteiger partial charge in [0.2, 0.25) is 10.0 Å². The summed E-state index contributed by atoms with van der Waals surface area (Å²) < 4.78 is 26.7. The van der Waals surface area contributed by atoms with E-state index in [0.29, 0.717) is 25.7 Å². The second kappa shape index (κ2) is 5.52. The lowest BCUT2D eigenvalue weighted by molar-refractivity contribution is 0.120. The standard InChI is InChI=1S/C11H15ClN2O3S/c12-11-6-5-10(7-13-11)18(16,17)14-8-1-3-9(15)4-2-8/h5-9,14-15H,1-4H2. The zero-order valence-electron chi connectivity index (χ0n) is 9.71. The SMILES string of the molecule is O=S(=O)(NC1CCC(O)CC1)c1ccc(Cl)nc1. The Morgan fingerprint density at radius 3 is 2.50 bits per heavy atom. The van der Waals surface area contributed by atoms with E-state index in [1.54, 1.807) is 0 Å². The lowest BCUT2D eigenvalue weighted by Crippen LogP contribution is -2.38. The van der Waals surface area contributed by atoms with Crippen molar-refractivity contribution in [3.8, 4) is 0 Å². The molecule has 0 saturated heterocycles. The van der Waals surface area contributed by atoms with Crippen LogP contribution in [0.15, 0.2) is 23.2 Å². The lowest BCUT2D eigenvalue weighted by atomic mass is 9.94. The molecule has 100 valence electrons. The van der Waals surface area contributed by atoms with Crippen molar-refractivity contribution < 1.29 is 13.5 Å². The van der Waals surface area contributed by atoms with Crippen LogP contribution < -0.4 is 4.72 Å². The largest absolute Gasteiger partial charge is 0.393 e. The summed E-state index contributed by atoms with van der Waals surface area (Å²) in [6.07, 6.45) is 3.51. The van der Waals surface area contributed by atoms with Gasteiger partial charge in [0.25, 0.3) is 0 Å². The van der Waals surface area contributed by atoms with Gasteiger partial charge in [-0.2, -0.15) is 0 Å². The van der Waals surface area contributed by atoms with Crippen molar-refractivity contribution >= 4 is 21.6 Å². The van der Waals surface area contributed by atoms with E-state index in [9.17, 15) is 13.5 Å². The van der Waals surface area contributed by atoms with Crippen LogP contribution in [0.5, 0.6) is 0 Å². The molecule has 1 aromatic rings. The van der Waals surface area contributed by atoms with Gasteiger partial charge in [0.05, 0.1) is 6.10 Å². The number of sulfonamides is 1. The first-order valence-electron chi connectivity index (χ1n) is 5.79. The fraction of sp³-hybridized carbons (Fsp3) is 0.545. The van der Waals surface area contributed by atoms with Gasteiger partial charge in [0, 0.05) is 12.2 Å². The van der Waals surface area contributed by atoms with Crippen molar-refractivity contribution in [1.82, 2.24) is 9.71 Å². The second-order valence-corrected chi connectivity index (χ2v) is 6.54. The molecule has 7 heteroatoms. The van der Waals surface area contributed by atoms with E-state index in [-0.39, 0.29) is 22.2 Å². The minimum Gasteiger partial charge on any atom is -0.393 e. The molecule has 0 spiro atoms. The summed E-state index contributed by atoms with van der Waals surface area (Å²) in [7, 11) is -3.55. The van der Waals surface area contributed by atoms with Gasteiger partial charge in [-0.1, -0.05) is 11.6 Å². The first-order valence-corrected chi connectivity index (χ1v) is 7.65. The van der Waals surface area contributed by atoms with Crippen LogP contribution in [-0.4, -0.2) is 30.7 Å². The van der Waals surface area contributed by atoms with E-state index in [1.165, 1.54) is 18.3 Å². The molecule has 18 heavy (non-hydrogen) atoms. The number of nitrogens with zero attached hydrogens (tertiary/aromatic N) is 1. The number of hydrogen-bond acceptors (Lipinski definition) is 4. The van der Waals surface area contributed by atoms with Crippen LogP contribution in [0.2, 0.25) is 5.15 Å². The molecule has 0 radical (unpaired) electrons. The van der Waals surface area contributed by atoms with E-state index in [2.05, 4.69) is 9.71 Å². The highest BCUT2D eigenvalue weighted by Crippen LogP contribution is 2.20. The monoisotopic (exact) mass is 290 g/mol. The molecule has 2 N–H and O–H groups in total. The van der Waals surface area contributed by atoms with Gasteiger partial charge < -0.3 is 5.11 Å². The first-order chi connectivity index (χ1) is 8.47. The van der Waals surface area contributed by atoms with Crippen molar-refractivity contribution in [1.29, 1.82) is 0 Å². The molecule has 1 saturated carbocycles. The van der Waals surface area contributed by atoms with Crippen LogP contribution in [-0.2, 0) is 10.0 Å². The summed E-state index contributed by atoms with van der Waals surface area (Å²) >= 11 is 5.62. The highest BCUT2D eigenvalue weighted by molar-refractivity contribution is 7.89. The van der Waals surface area contributed by atoms with Crippen LogP contribution in [0, 0.1) is 0 Å². The van der Waals surface area contributed by atoms with E-state index < -0.39 is 10.0 Å². The summed E-state index contributed by atoms with van der Waals surface area (Å²) in [6.45, 7) is 0. The second-order valence-electron chi connectivity index (χ2n) is 4.44. The minimum atomic E-state index is -3.55. The van der Waals surface area contributed by atoms with Gasteiger partial charge in [-0.3, -0.25) is 0 Å². The number of rotatable bonds is 3. The first kappa shape index (κ1) is 13.7. The van der Waals surface area contributed by atoms with Crippen LogP contribution in [0.1, 0.15) is 25.7 Å². The molecule has 5 nitrogen and oxygen atoms in total. The van der Waals surface area contributed by atoms with Crippen molar-refractivity contribution in [3.63, 3.8) is 0 Å². The zero-order valence-corrected chi connectivity index (χ0v) is 11.3. The highest BCUT2D eigenvalue weighted by Gasteiger charge is 2.24. The van der Waals surface area contributed by atoms with Gasteiger partial charge in [0.15, 0.2) is 0 Å². The summed E-state index contributed by atoms with van der Waals surface area (Å²) in [4.78, 5) is 3.87. The number of aromatic nitrogens is 1. The maximum atomic E-state index is 12.0. The summed E-state index contributed by atoms with van der Waals surface area (Å²) in [6, 6.07) is 2.75. The Bertz CT molecular complexity index is 496. The predicted octanol–water partition coefficient (Wildman–Crippen LogP) is 1.32. The van der Waals surface area contributed by atoms with E-state index in [1.807, 2.05) is 0 Å². The molecule has 1 heterocycles. The Labute approximate surface area is 111 Å². The lowest BCUT2D eigenvalue weighted by Gasteiger charge is -2.25. The molecule has 0 unspecified atom stereocenters. The fourth-order valence-corrected chi connectivity index (χ4v) is 3.36. The van der Waals surface area contributed by atoms with Crippen LogP contribution in [0.3, 0.4) is 0 Å². The molecule has 1 aliphatic rings. The molecule has 1 fully saturated rings. The van der Waals surface area contributed by atoms with Crippen LogP contribution in [0.25, 0.3) is 0 Å². The zero-order chi connectivity index (χ0) is 13.2. The van der Waals surface area contributed by atoms with Gasteiger partial charge >= 0.3 is 0 Å². The molecule has 2 rings (SSSR count). The van der Waals surface area contributed by atoms with Gasteiger partial charge in [-0.25, -0.2) is 18.1 Å². The molecule has 1 aliphatic carbocycles. The van der Waals surface area contributed by atoms with Crippen LogP contribution >= 0.6 is 11.6 Å². The number of hydrogen-bond donors (Lipinski definition) is 2. The average molecular weight is 291 g/mol. The number of nitrogens with one attached hydrogen (secondary N) is 1. The Balaban J connectivity index is 2.05. The average Bonchev–Trinajstić information content (AvgIpc) is 2.32. The molecule has 0 atom stereocenters. The molecule has 0 aliphatic heterocycles. The number of pyridine rings is 1. The molecular formula is C11H15ClN2O3S. The molecule has 0 amide bonds. The molecule has 1 aromatic heterocycles. The fourth-order valence-electron chi connectivity index (χ4n) is 2.00. The quantitative estimate of drug-likeness (QED) is 0.823. The summed E-state index contributed by atoms with van der Waals surface area (Å²) in [5.41, 5.74) is 0. The third kappa shape index (κ3) is 3.41. The predicted molar refractivity (Wildman–Crippen MR) is 67.8 cm³/mol. The van der Waals surface area contributed by atoms with E-state index in [0.717, 1.165) is 0 Å². The topological polar surface area (TPSA) is 79.3 Å². The van der Waals surface area contributed by atoms with Crippen molar-refractivity contribution in [2.45, 2.75) is 42.7 Å². The van der Waals surface area contributed by atoms with E-state index >= 15 is 0 Å². The smallest absolute Gasteiger partial charge is 0.242 e. The maximum absolute atomic E-state index is 12.0. The van der Waals surface area contributed by atoms with Crippen molar-refractivity contribution in [2.75, 3.05) is 0 Å². The Hall–Kier alpha value is -0.690. The van der Waals surface area contributed by atoms with Crippen LogP contribution in [0.4, 0.5) is 0 Å². The summed E-state index contributed by atoms with van der Waals surface area (Å²) in [5.74, 6) is 0. The Morgan fingerprint density at radius 2 is 1.94 bits per heavy atom. The minimum absolute atomic E-state index is 0.109. The van der Waals surface area contributed by atoms with Crippen molar-refractivity contribution in [3.05, 3.63) is 23.5 Å². The van der Waals surface area contributed by atoms with Gasteiger partial charge in [-0.05, 0) is 37.8 Å². The Morgan fingerprint density at radius 1 is 1.28 bits per heavy atom. The number of aliphatic hydroxyl groups excluding tert-OH is 1. The normalized spacial score (nSPS) is 25.0. The number of halogens is 1. The maximum Gasteiger partial charge on any atom is 0.242 e. The molecule has 0 bridgehead atoms. The molecule has 0 aromatic carbocycles. The van der Waals surface area contributed by atoms with E-state index in [4.69, 9.17) is 11.6 Å². The highest BCUT2D eigenvalue weighted by atomic mass is 35.5. The van der Waals surface area contributed by atoms with Gasteiger partial charge in [0.1, 0.15) is 10.0 Å². The third-order valence-electron chi connectivity index (χ3n) is 3.03. The third-order valence-corrected chi connectivity index (χ3v) is 4.76. The Kier molecular flexibility index (Phi) is 4.21.